The lowest BCUT2D eigenvalue weighted by molar-refractivity contribution is -0.168. The molecule has 0 radical (unpaired) electrons. The molecule has 1 N–H and O–H groups in total. The molecule has 40 heavy (non-hydrogen) atoms. The van der Waals surface area contributed by atoms with Crippen molar-refractivity contribution in [3.8, 4) is 0 Å². The van der Waals surface area contributed by atoms with Gasteiger partial charge in [0.25, 0.3) is 0 Å². The maximum absolute atomic E-state index is 13.4. The molecule has 0 spiro atoms. The number of benzene rings is 1. The summed E-state index contributed by atoms with van der Waals surface area (Å²) < 4.78 is 24.8. The van der Waals surface area contributed by atoms with Gasteiger partial charge in [-0.3, -0.25) is 9.45 Å². The van der Waals surface area contributed by atoms with E-state index in [1.165, 1.54) is 75.3 Å². The van der Waals surface area contributed by atoms with Crippen LogP contribution in [0, 0.1) is 0 Å². The van der Waals surface area contributed by atoms with E-state index in [2.05, 4.69) is 49.9 Å². The molecular formula is C32H57O6PS. The minimum absolute atomic E-state index is 0.00972. The summed E-state index contributed by atoms with van der Waals surface area (Å²) >= 11 is 0.965. The van der Waals surface area contributed by atoms with Crippen molar-refractivity contribution in [1.29, 1.82) is 0 Å². The Hall–Kier alpha value is -0.850. The van der Waals surface area contributed by atoms with Gasteiger partial charge in [0.1, 0.15) is 0 Å². The fourth-order valence-electron chi connectivity index (χ4n) is 4.82. The first kappa shape index (κ1) is 37.2. The van der Waals surface area contributed by atoms with Gasteiger partial charge in [-0.25, -0.2) is 4.79 Å². The van der Waals surface area contributed by atoms with Crippen molar-refractivity contribution in [3.05, 3.63) is 35.4 Å². The Morgan fingerprint density at radius 1 is 0.900 bits per heavy atom. The summed E-state index contributed by atoms with van der Waals surface area (Å²) in [5.41, 5.74) is 1.38. The van der Waals surface area contributed by atoms with Gasteiger partial charge in [0, 0.05) is 12.4 Å². The molecule has 0 saturated heterocycles. The third-order valence-corrected chi connectivity index (χ3v) is 11.5. The molecule has 232 valence electrons. The Balaban J connectivity index is 2.56. The molecule has 0 heterocycles. The lowest BCUT2D eigenvalue weighted by atomic mass is 9.89. The van der Waals surface area contributed by atoms with Crippen molar-refractivity contribution in [1.82, 2.24) is 0 Å². The van der Waals surface area contributed by atoms with Crippen molar-refractivity contribution in [2.45, 2.75) is 142 Å². The third kappa shape index (κ3) is 16.6. The summed E-state index contributed by atoms with van der Waals surface area (Å²) in [5.74, 6) is 0.781. The minimum Gasteiger partial charge on any atom is -0.376 e. The number of carbonyl (C=O) groups excluding carboxylic acids is 1. The van der Waals surface area contributed by atoms with E-state index in [-0.39, 0.29) is 12.7 Å². The van der Waals surface area contributed by atoms with Crippen LogP contribution in [0.15, 0.2) is 24.3 Å². The van der Waals surface area contributed by atoms with E-state index in [9.17, 15) is 9.36 Å². The highest BCUT2D eigenvalue weighted by Gasteiger charge is 2.37. The number of hydrogen-bond acceptors (Lipinski definition) is 7. The molecule has 1 aromatic carbocycles. The third-order valence-electron chi connectivity index (χ3n) is 7.40. The number of hydrogen-bond donors (Lipinski definition) is 1. The topological polar surface area (TPSA) is 82.1 Å². The second-order valence-corrected chi connectivity index (χ2v) is 15.4. The molecule has 0 bridgehead atoms. The van der Waals surface area contributed by atoms with Crippen LogP contribution in [0.4, 0.5) is 4.79 Å². The summed E-state index contributed by atoms with van der Waals surface area (Å²) in [5, 5.41) is 9.01. The molecule has 6 nitrogen and oxygen atoms in total. The van der Waals surface area contributed by atoms with Gasteiger partial charge in [0.2, 0.25) is 0 Å². The Bertz CT molecular complexity index is 820. The Morgan fingerprint density at radius 2 is 1.52 bits per heavy atom. The molecule has 3 unspecified atom stereocenters. The van der Waals surface area contributed by atoms with Crippen molar-refractivity contribution in [3.63, 3.8) is 0 Å². The summed E-state index contributed by atoms with van der Waals surface area (Å²) in [4.78, 5) is 16.1. The summed E-state index contributed by atoms with van der Waals surface area (Å²) in [6, 6.07) is 8.69. The van der Waals surface area contributed by atoms with E-state index in [1.807, 2.05) is 6.92 Å². The first-order chi connectivity index (χ1) is 19.4. The largest absolute Gasteiger partial charge is 0.434 e. The van der Waals surface area contributed by atoms with Gasteiger partial charge in [0.05, 0.1) is 12.7 Å². The summed E-state index contributed by atoms with van der Waals surface area (Å²) in [6.45, 7) is 5.16. The lowest BCUT2D eigenvalue weighted by Gasteiger charge is -2.21. The smallest absolute Gasteiger partial charge is 0.376 e. The Labute approximate surface area is 248 Å². The molecule has 1 rings (SSSR count). The molecule has 0 saturated carbocycles. The van der Waals surface area contributed by atoms with Crippen LogP contribution < -0.4 is 0 Å². The van der Waals surface area contributed by atoms with E-state index in [0.29, 0.717) is 18.3 Å². The summed E-state index contributed by atoms with van der Waals surface area (Å²) in [6.07, 6.45) is 18.4. The highest BCUT2D eigenvalue weighted by molar-refractivity contribution is 8.61. The van der Waals surface area contributed by atoms with Gasteiger partial charge in [-0.15, -0.1) is 0 Å². The van der Waals surface area contributed by atoms with Crippen LogP contribution >= 0.6 is 18.0 Å². The molecule has 0 aromatic heterocycles. The zero-order valence-electron chi connectivity index (χ0n) is 25.7. The lowest BCUT2D eigenvalue weighted by Crippen LogP contribution is -2.17. The highest BCUT2D eigenvalue weighted by atomic mass is 32.7. The maximum atomic E-state index is 13.4. The average Bonchev–Trinajstić information content (AvgIpc) is 2.97. The van der Waals surface area contributed by atoms with Gasteiger partial charge in [-0.2, -0.15) is 5.26 Å². The molecule has 0 aliphatic heterocycles. The zero-order chi connectivity index (χ0) is 29.5. The summed E-state index contributed by atoms with van der Waals surface area (Å²) in [7, 11) is 0. The monoisotopic (exact) mass is 600 g/mol. The van der Waals surface area contributed by atoms with Crippen LogP contribution in [0.3, 0.4) is 0 Å². The van der Waals surface area contributed by atoms with Crippen LogP contribution in [0.2, 0.25) is 0 Å². The van der Waals surface area contributed by atoms with Crippen molar-refractivity contribution in [2.75, 3.05) is 19.0 Å². The fraction of sp³-hybridized carbons (Fsp3) is 0.781. The van der Waals surface area contributed by atoms with Crippen LogP contribution in [-0.2, 0) is 25.1 Å². The van der Waals surface area contributed by atoms with Crippen LogP contribution in [0.1, 0.15) is 141 Å². The van der Waals surface area contributed by atoms with E-state index in [0.717, 1.165) is 49.9 Å². The number of carbonyl (C=O) groups is 1. The predicted molar refractivity (Wildman–Crippen MR) is 170 cm³/mol. The van der Waals surface area contributed by atoms with E-state index in [1.54, 1.807) is 0 Å². The normalized spacial score (nSPS) is 14.5. The molecule has 3 atom stereocenters. The molecule has 0 amide bonds. The number of aryl methyl sites for hydroxylation is 1. The SMILES string of the molecule is CCCCCCCCCCOC(C)COP(=O)(SCCC(CCCCCCC)c1cccc(CC)c1)C(=O)OO. The van der Waals surface area contributed by atoms with Crippen LogP contribution in [-0.4, -0.2) is 36.0 Å². The zero-order valence-corrected chi connectivity index (χ0v) is 27.5. The minimum atomic E-state index is -3.91. The highest BCUT2D eigenvalue weighted by Crippen LogP contribution is 2.61. The molecule has 0 fully saturated rings. The number of unbranched alkanes of at least 4 members (excludes halogenated alkanes) is 11. The molecule has 0 aliphatic rings. The van der Waals surface area contributed by atoms with Gasteiger partial charge < -0.3 is 9.26 Å². The standard InChI is InChI=1S/C32H57O6PS/c1-5-8-10-12-13-14-16-18-24-36-28(4)27-37-39(35,32(33)38-34)40-25-23-30(21-17-15-11-9-6-2)31-22-19-20-29(7-3)26-31/h19-20,22,26,28,30,34H,5-18,21,23-25,27H2,1-4H3. The molecule has 0 aliphatic carbocycles. The van der Waals surface area contributed by atoms with Gasteiger partial charge in [0.15, 0.2) is 0 Å². The van der Waals surface area contributed by atoms with Gasteiger partial charge in [-0.05, 0) is 49.7 Å². The second-order valence-electron chi connectivity index (χ2n) is 10.9. The van der Waals surface area contributed by atoms with E-state index in [4.69, 9.17) is 14.5 Å². The van der Waals surface area contributed by atoms with Crippen LogP contribution in [0.25, 0.3) is 0 Å². The first-order valence-corrected chi connectivity index (χ1v) is 19.1. The predicted octanol–water partition coefficient (Wildman–Crippen LogP) is 11.2. The van der Waals surface area contributed by atoms with E-state index >= 15 is 0 Å². The number of ether oxygens (including phenoxy) is 1. The quantitative estimate of drug-likeness (QED) is 0.0490. The molecular weight excluding hydrogens is 543 g/mol. The Morgan fingerprint density at radius 3 is 2.15 bits per heavy atom. The molecule has 1 aromatic rings. The van der Waals surface area contributed by atoms with E-state index < -0.39 is 12.3 Å². The van der Waals surface area contributed by atoms with Gasteiger partial charge in [-0.1, -0.05) is 133 Å². The van der Waals surface area contributed by atoms with Crippen LogP contribution in [0.5, 0.6) is 0 Å². The molecule has 8 heteroatoms. The van der Waals surface area contributed by atoms with Crippen molar-refractivity contribution in [2.24, 2.45) is 0 Å². The van der Waals surface area contributed by atoms with Gasteiger partial charge >= 0.3 is 12.3 Å². The first-order valence-electron chi connectivity index (χ1n) is 15.9. The second kappa shape index (κ2) is 23.7. The number of rotatable bonds is 26. The van der Waals surface area contributed by atoms with Crippen molar-refractivity contribution < 1.29 is 28.8 Å². The maximum Gasteiger partial charge on any atom is 0.434 e. The Kier molecular flexibility index (Phi) is 22.0. The fourth-order valence-corrected chi connectivity index (χ4v) is 8.10. The van der Waals surface area contributed by atoms with Crippen molar-refractivity contribution >= 4 is 23.7 Å². The average molecular weight is 601 g/mol.